The van der Waals surface area contributed by atoms with Gasteiger partial charge in [-0.3, -0.25) is 19.4 Å². The van der Waals surface area contributed by atoms with E-state index in [0.717, 1.165) is 44.7 Å². The number of ether oxygens (including phenoxy) is 1. The maximum atomic E-state index is 13.3. The third-order valence-corrected chi connectivity index (χ3v) is 5.84. The number of aromatic nitrogens is 3. The van der Waals surface area contributed by atoms with Gasteiger partial charge in [0.15, 0.2) is 0 Å². The Morgan fingerprint density at radius 1 is 1.17 bits per heavy atom. The summed E-state index contributed by atoms with van der Waals surface area (Å²) >= 11 is 0. The summed E-state index contributed by atoms with van der Waals surface area (Å²) in [6, 6.07) is 3.47. The average molecular weight is 399 g/mol. The number of carbonyl (C=O) groups excluding carboxylic acids is 1. The summed E-state index contributed by atoms with van der Waals surface area (Å²) in [5, 5.41) is 4.36. The van der Waals surface area contributed by atoms with E-state index in [1.54, 1.807) is 23.1 Å². The summed E-state index contributed by atoms with van der Waals surface area (Å²) < 4.78 is 8.03. The molecule has 0 aromatic carbocycles. The van der Waals surface area contributed by atoms with E-state index in [0.29, 0.717) is 18.7 Å². The molecule has 0 saturated carbocycles. The lowest BCUT2D eigenvalue weighted by atomic mass is 9.99. The van der Waals surface area contributed by atoms with Gasteiger partial charge in [0.2, 0.25) is 0 Å². The fraction of sp³-hybridized carbons (Fsp3) is 0.571. The van der Waals surface area contributed by atoms with Gasteiger partial charge in [0.05, 0.1) is 30.5 Å². The van der Waals surface area contributed by atoms with Crippen LogP contribution in [0.2, 0.25) is 0 Å². The van der Waals surface area contributed by atoms with E-state index in [2.05, 4.69) is 26.9 Å². The first-order chi connectivity index (χ1) is 14.1. The molecule has 156 valence electrons. The van der Waals surface area contributed by atoms with Crippen LogP contribution in [-0.2, 0) is 11.8 Å². The molecule has 4 heterocycles. The molecule has 2 saturated heterocycles. The summed E-state index contributed by atoms with van der Waals surface area (Å²) in [4.78, 5) is 24.2. The number of amides is 1. The Labute approximate surface area is 172 Å². The molecule has 0 unspecified atom stereocenters. The molecule has 0 aliphatic carbocycles. The number of nitrogens with zero attached hydrogens (tertiary/aromatic N) is 6. The molecule has 8 heteroatoms. The van der Waals surface area contributed by atoms with Crippen LogP contribution in [0.1, 0.15) is 28.4 Å². The average Bonchev–Trinajstić information content (AvgIpc) is 3.06. The van der Waals surface area contributed by atoms with E-state index >= 15 is 0 Å². The number of pyridine rings is 1. The van der Waals surface area contributed by atoms with Crippen molar-refractivity contribution in [2.45, 2.75) is 18.6 Å². The fourth-order valence-electron chi connectivity index (χ4n) is 4.29. The smallest absolute Gasteiger partial charge is 0.256 e. The van der Waals surface area contributed by atoms with Crippen LogP contribution in [0.25, 0.3) is 0 Å². The van der Waals surface area contributed by atoms with Crippen LogP contribution in [0, 0.1) is 0 Å². The second kappa shape index (κ2) is 9.02. The van der Waals surface area contributed by atoms with Gasteiger partial charge in [-0.05, 0) is 38.7 Å². The lowest BCUT2D eigenvalue weighted by molar-refractivity contribution is -0.0723. The van der Waals surface area contributed by atoms with Crippen LogP contribution in [0.15, 0.2) is 36.9 Å². The monoisotopic (exact) mass is 398 g/mol. The highest BCUT2D eigenvalue weighted by Crippen LogP contribution is 2.31. The lowest BCUT2D eigenvalue weighted by Crippen LogP contribution is -2.52. The number of hydrogen-bond donors (Lipinski definition) is 0. The van der Waals surface area contributed by atoms with Crippen molar-refractivity contribution in [2.24, 2.45) is 7.05 Å². The highest BCUT2D eigenvalue weighted by atomic mass is 16.5. The molecule has 2 aromatic heterocycles. The molecule has 0 spiro atoms. The third kappa shape index (κ3) is 4.66. The van der Waals surface area contributed by atoms with Crippen LogP contribution in [0.5, 0.6) is 0 Å². The van der Waals surface area contributed by atoms with Crippen molar-refractivity contribution in [3.05, 3.63) is 48.0 Å². The number of aryl methyl sites for hydroxylation is 1. The Morgan fingerprint density at radius 2 is 2.07 bits per heavy atom. The van der Waals surface area contributed by atoms with Gasteiger partial charge < -0.3 is 14.5 Å². The zero-order chi connectivity index (χ0) is 20.2. The third-order valence-electron chi connectivity index (χ3n) is 5.84. The van der Waals surface area contributed by atoms with Gasteiger partial charge in [-0.15, -0.1) is 0 Å². The summed E-state index contributed by atoms with van der Waals surface area (Å²) in [6.07, 6.45) is 8.24. The van der Waals surface area contributed by atoms with E-state index in [-0.39, 0.29) is 18.1 Å². The molecule has 1 amide bonds. The van der Waals surface area contributed by atoms with Gasteiger partial charge in [-0.2, -0.15) is 5.10 Å². The summed E-state index contributed by atoms with van der Waals surface area (Å²) in [6.45, 7) is 6.17. The number of morpholine rings is 1. The van der Waals surface area contributed by atoms with Gasteiger partial charge in [-0.25, -0.2) is 0 Å². The molecular formula is C21H30N6O2. The van der Waals surface area contributed by atoms with E-state index in [1.165, 1.54) is 0 Å². The predicted molar refractivity (Wildman–Crippen MR) is 110 cm³/mol. The van der Waals surface area contributed by atoms with E-state index in [1.807, 2.05) is 30.4 Å². The first-order valence-corrected chi connectivity index (χ1v) is 10.3. The number of carbonyl (C=O) groups is 1. The molecule has 2 aromatic rings. The molecule has 0 radical (unpaired) electrons. The van der Waals surface area contributed by atoms with E-state index in [9.17, 15) is 4.79 Å². The number of rotatable bonds is 4. The Kier molecular flexibility index (Phi) is 6.22. The highest BCUT2D eigenvalue weighted by Gasteiger charge is 2.38. The summed E-state index contributed by atoms with van der Waals surface area (Å²) in [7, 11) is 4.08. The van der Waals surface area contributed by atoms with Crippen molar-refractivity contribution in [3.63, 3.8) is 0 Å². The quantitative estimate of drug-likeness (QED) is 0.767. The van der Waals surface area contributed by atoms with Crippen molar-refractivity contribution >= 4 is 5.91 Å². The molecule has 4 rings (SSSR count). The normalized spacial score (nSPS) is 24.4. The second-order valence-corrected chi connectivity index (χ2v) is 8.00. The standard InChI is InChI=1S/C21H30N6O2/c1-24-7-4-8-26(10-9-24)16-19-20(18-14-23-25(2)15-18)27(11-12-29-19)21(28)17-5-3-6-22-13-17/h3,5-6,13-15,19-20H,4,7-12,16H2,1-2H3/t19-,20-/m0/s1. The lowest BCUT2D eigenvalue weighted by Gasteiger charge is -2.42. The molecule has 2 atom stereocenters. The van der Waals surface area contributed by atoms with E-state index in [4.69, 9.17) is 4.74 Å². The maximum absolute atomic E-state index is 13.3. The minimum Gasteiger partial charge on any atom is -0.373 e. The van der Waals surface area contributed by atoms with Crippen molar-refractivity contribution in [3.8, 4) is 0 Å². The Hall–Kier alpha value is -2.29. The van der Waals surface area contributed by atoms with Crippen LogP contribution in [0.3, 0.4) is 0 Å². The van der Waals surface area contributed by atoms with Crippen LogP contribution < -0.4 is 0 Å². The van der Waals surface area contributed by atoms with Crippen molar-refractivity contribution in [2.75, 3.05) is 52.9 Å². The topological polar surface area (TPSA) is 66.7 Å². The summed E-state index contributed by atoms with van der Waals surface area (Å²) in [5.41, 5.74) is 1.62. The van der Waals surface area contributed by atoms with Crippen molar-refractivity contribution in [1.29, 1.82) is 0 Å². The van der Waals surface area contributed by atoms with Crippen LogP contribution >= 0.6 is 0 Å². The Bertz CT molecular complexity index is 811. The molecule has 2 aliphatic rings. The predicted octanol–water partition coefficient (Wildman–Crippen LogP) is 1.03. The molecular weight excluding hydrogens is 368 g/mol. The zero-order valence-electron chi connectivity index (χ0n) is 17.3. The SMILES string of the molecule is CN1CCCN(C[C@@H]2OCCN(C(=O)c3cccnc3)[C@H]2c2cnn(C)c2)CC1. The molecule has 8 nitrogen and oxygen atoms in total. The summed E-state index contributed by atoms with van der Waals surface area (Å²) in [5.74, 6) is -0.00384. The fourth-order valence-corrected chi connectivity index (χ4v) is 4.29. The zero-order valence-corrected chi connectivity index (χ0v) is 17.3. The van der Waals surface area contributed by atoms with Gasteiger partial charge in [0.1, 0.15) is 0 Å². The Balaban J connectivity index is 1.58. The minimum absolute atomic E-state index is 0.00384. The molecule has 29 heavy (non-hydrogen) atoms. The Morgan fingerprint density at radius 3 is 2.83 bits per heavy atom. The number of hydrogen-bond acceptors (Lipinski definition) is 6. The van der Waals surface area contributed by atoms with Crippen molar-refractivity contribution < 1.29 is 9.53 Å². The minimum atomic E-state index is -0.161. The molecule has 2 fully saturated rings. The first-order valence-electron chi connectivity index (χ1n) is 10.3. The maximum Gasteiger partial charge on any atom is 0.256 e. The van der Waals surface area contributed by atoms with Crippen molar-refractivity contribution in [1.82, 2.24) is 29.5 Å². The molecule has 0 bridgehead atoms. The van der Waals surface area contributed by atoms with Crippen LogP contribution in [0.4, 0.5) is 0 Å². The van der Waals surface area contributed by atoms with Gasteiger partial charge in [0, 0.05) is 57.4 Å². The number of likely N-dealkylation sites (N-methyl/N-ethyl adjacent to an activating group) is 1. The van der Waals surface area contributed by atoms with Gasteiger partial charge in [0.25, 0.3) is 5.91 Å². The van der Waals surface area contributed by atoms with Crippen LogP contribution in [-0.4, -0.2) is 94.4 Å². The first kappa shape index (κ1) is 20.0. The second-order valence-electron chi connectivity index (χ2n) is 8.00. The molecule has 0 N–H and O–H groups in total. The van der Waals surface area contributed by atoms with Gasteiger partial charge >= 0.3 is 0 Å². The highest BCUT2D eigenvalue weighted by molar-refractivity contribution is 5.94. The largest absolute Gasteiger partial charge is 0.373 e. The van der Waals surface area contributed by atoms with Gasteiger partial charge in [-0.1, -0.05) is 0 Å². The molecule has 2 aliphatic heterocycles. The van der Waals surface area contributed by atoms with E-state index < -0.39 is 0 Å².